The molecule has 0 saturated carbocycles. The van der Waals surface area contributed by atoms with Crippen molar-refractivity contribution in [3.05, 3.63) is 66.4 Å². The van der Waals surface area contributed by atoms with Crippen LogP contribution in [0.1, 0.15) is 23.7 Å². The molecule has 3 rings (SSSR count). The van der Waals surface area contributed by atoms with E-state index >= 15 is 0 Å². The van der Waals surface area contributed by atoms with Crippen molar-refractivity contribution in [2.75, 3.05) is 23.9 Å². The highest BCUT2D eigenvalue weighted by Crippen LogP contribution is 2.23. The SMILES string of the molecule is COC(=O)c1ccccc1N(CCC(=O)Nc1cccc2cccnc12)C(C)=O. The largest absolute Gasteiger partial charge is 0.465 e. The smallest absolute Gasteiger partial charge is 0.339 e. The second kappa shape index (κ2) is 8.97. The van der Waals surface area contributed by atoms with Gasteiger partial charge in [-0.1, -0.05) is 30.3 Å². The fourth-order valence-electron chi connectivity index (χ4n) is 3.07. The molecule has 3 aromatic rings. The first-order chi connectivity index (χ1) is 14.0. The molecule has 0 saturated heterocycles. The van der Waals surface area contributed by atoms with E-state index in [2.05, 4.69) is 10.3 Å². The number of esters is 1. The predicted molar refractivity (Wildman–Crippen MR) is 111 cm³/mol. The summed E-state index contributed by atoms with van der Waals surface area (Å²) >= 11 is 0. The Balaban J connectivity index is 1.75. The van der Waals surface area contributed by atoms with Crippen LogP contribution in [0.15, 0.2) is 60.8 Å². The van der Waals surface area contributed by atoms with Gasteiger partial charge in [0.2, 0.25) is 11.8 Å². The molecule has 0 bridgehead atoms. The van der Waals surface area contributed by atoms with Gasteiger partial charge in [-0.15, -0.1) is 0 Å². The summed E-state index contributed by atoms with van der Waals surface area (Å²) in [6.07, 6.45) is 1.72. The third kappa shape index (κ3) is 4.57. The van der Waals surface area contributed by atoms with Gasteiger partial charge in [0.25, 0.3) is 0 Å². The lowest BCUT2D eigenvalue weighted by Gasteiger charge is -2.23. The Kier molecular flexibility index (Phi) is 6.19. The monoisotopic (exact) mass is 391 g/mol. The number of nitrogens with zero attached hydrogens (tertiary/aromatic N) is 2. The summed E-state index contributed by atoms with van der Waals surface area (Å²) in [6, 6.07) is 15.9. The lowest BCUT2D eigenvalue weighted by Crippen LogP contribution is -2.33. The number of hydrogen-bond donors (Lipinski definition) is 1. The van der Waals surface area contributed by atoms with E-state index in [0.717, 1.165) is 5.39 Å². The number of ether oxygens (including phenoxy) is 1. The molecule has 0 aliphatic heterocycles. The first-order valence-electron chi connectivity index (χ1n) is 9.10. The maximum absolute atomic E-state index is 12.5. The van der Waals surface area contributed by atoms with Gasteiger partial charge in [0.15, 0.2) is 0 Å². The van der Waals surface area contributed by atoms with Crippen molar-refractivity contribution in [1.82, 2.24) is 4.98 Å². The van der Waals surface area contributed by atoms with Crippen LogP contribution in [0.2, 0.25) is 0 Å². The second-order valence-corrected chi connectivity index (χ2v) is 6.36. The number of methoxy groups -OCH3 is 1. The molecule has 1 N–H and O–H groups in total. The van der Waals surface area contributed by atoms with Gasteiger partial charge in [0, 0.05) is 31.5 Å². The van der Waals surface area contributed by atoms with E-state index in [9.17, 15) is 14.4 Å². The molecule has 2 aromatic carbocycles. The van der Waals surface area contributed by atoms with E-state index in [-0.39, 0.29) is 30.3 Å². The van der Waals surface area contributed by atoms with Crippen LogP contribution in [-0.2, 0) is 14.3 Å². The Morgan fingerprint density at radius 2 is 1.79 bits per heavy atom. The van der Waals surface area contributed by atoms with Crippen LogP contribution in [0.3, 0.4) is 0 Å². The van der Waals surface area contributed by atoms with E-state index in [4.69, 9.17) is 4.74 Å². The van der Waals surface area contributed by atoms with Gasteiger partial charge >= 0.3 is 5.97 Å². The Hall–Kier alpha value is -3.74. The van der Waals surface area contributed by atoms with Crippen molar-refractivity contribution in [1.29, 1.82) is 0 Å². The minimum Gasteiger partial charge on any atom is -0.465 e. The number of para-hydroxylation sites is 2. The lowest BCUT2D eigenvalue weighted by atomic mass is 10.1. The van der Waals surface area contributed by atoms with Gasteiger partial charge in [-0.05, 0) is 24.3 Å². The van der Waals surface area contributed by atoms with E-state index in [1.165, 1.54) is 18.9 Å². The first-order valence-corrected chi connectivity index (χ1v) is 9.10. The molecule has 1 aromatic heterocycles. The molecule has 7 heteroatoms. The standard InChI is InChI=1S/C22H21N3O4/c1-15(26)25(19-11-4-3-9-17(19)22(28)29-2)14-12-20(27)24-18-10-5-7-16-8-6-13-23-21(16)18/h3-11,13H,12,14H2,1-2H3,(H,24,27). The zero-order chi connectivity index (χ0) is 20.8. The van der Waals surface area contributed by atoms with E-state index in [1.54, 1.807) is 36.5 Å². The highest BCUT2D eigenvalue weighted by atomic mass is 16.5. The van der Waals surface area contributed by atoms with Crippen molar-refractivity contribution < 1.29 is 19.1 Å². The van der Waals surface area contributed by atoms with E-state index in [1.807, 2.05) is 24.3 Å². The summed E-state index contributed by atoms with van der Waals surface area (Å²) in [4.78, 5) is 42.4. The molecule has 1 heterocycles. The summed E-state index contributed by atoms with van der Waals surface area (Å²) in [5, 5.41) is 3.77. The third-order valence-corrected chi connectivity index (χ3v) is 4.45. The summed E-state index contributed by atoms with van der Waals surface area (Å²) < 4.78 is 4.79. The molecular formula is C22H21N3O4. The molecular weight excluding hydrogens is 370 g/mol. The molecule has 2 amide bonds. The zero-order valence-corrected chi connectivity index (χ0v) is 16.2. The summed E-state index contributed by atoms with van der Waals surface area (Å²) in [7, 11) is 1.28. The fourth-order valence-corrected chi connectivity index (χ4v) is 3.07. The predicted octanol–water partition coefficient (Wildman–Crippen LogP) is 3.40. The molecule has 0 radical (unpaired) electrons. The maximum atomic E-state index is 12.5. The highest BCUT2D eigenvalue weighted by molar-refractivity contribution is 6.03. The van der Waals surface area contributed by atoms with Crippen LogP contribution in [0.4, 0.5) is 11.4 Å². The van der Waals surface area contributed by atoms with Crippen LogP contribution in [-0.4, -0.2) is 36.4 Å². The lowest BCUT2D eigenvalue weighted by molar-refractivity contribution is -0.117. The van der Waals surface area contributed by atoms with Gasteiger partial charge < -0.3 is 15.0 Å². The zero-order valence-electron chi connectivity index (χ0n) is 16.2. The van der Waals surface area contributed by atoms with Crippen LogP contribution >= 0.6 is 0 Å². The fraction of sp³-hybridized carbons (Fsp3) is 0.182. The third-order valence-electron chi connectivity index (χ3n) is 4.45. The number of carbonyl (C=O) groups excluding carboxylic acids is 3. The van der Waals surface area contributed by atoms with E-state index in [0.29, 0.717) is 16.9 Å². The molecule has 0 atom stereocenters. The van der Waals surface area contributed by atoms with Crippen molar-refractivity contribution in [3.63, 3.8) is 0 Å². The molecule has 29 heavy (non-hydrogen) atoms. The van der Waals surface area contributed by atoms with Gasteiger partial charge in [0.1, 0.15) is 0 Å². The van der Waals surface area contributed by atoms with E-state index < -0.39 is 5.97 Å². The molecule has 0 aliphatic rings. The number of anilines is 2. The average molecular weight is 391 g/mol. The van der Waals surface area contributed by atoms with Crippen molar-refractivity contribution in [2.45, 2.75) is 13.3 Å². The Labute approximate surface area is 168 Å². The maximum Gasteiger partial charge on any atom is 0.339 e. The molecule has 148 valence electrons. The molecule has 7 nitrogen and oxygen atoms in total. The van der Waals surface area contributed by atoms with Crippen molar-refractivity contribution in [3.8, 4) is 0 Å². The number of rotatable bonds is 6. The molecule has 0 aliphatic carbocycles. The average Bonchev–Trinajstić information content (AvgIpc) is 2.73. The van der Waals surface area contributed by atoms with Crippen LogP contribution < -0.4 is 10.2 Å². The second-order valence-electron chi connectivity index (χ2n) is 6.36. The van der Waals surface area contributed by atoms with Crippen LogP contribution in [0.5, 0.6) is 0 Å². The minimum absolute atomic E-state index is 0.0539. The number of amides is 2. The summed E-state index contributed by atoms with van der Waals surface area (Å²) in [5.41, 5.74) is 1.98. The molecule has 0 fully saturated rings. The number of nitrogens with one attached hydrogen (secondary N) is 1. The van der Waals surface area contributed by atoms with Gasteiger partial charge in [-0.2, -0.15) is 0 Å². The molecule has 0 spiro atoms. The Morgan fingerprint density at radius 3 is 2.55 bits per heavy atom. The normalized spacial score (nSPS) is 10.4. The minimum atomic E-state index is -0.543. The number of pyridine rings is 1. The van der Waals surface area contributed by atoms with Gasteiger partial charge in [0.05, 0.1) is 29.6 Å². The highest BCUT2D eigenvalue weighted by Gasteiger charge is 2.20. The van der Waals surface area contributed by atoms with Crippen molar-refractivity contribution >= 4 is 40.1 Å². The summed E-state index contributed by atoms with van der Waals surface area (Å²) in [6.45, 7) is 1.51. The number of carbonyl (C=O) groups is 3. The molecule has 0 unspecified atom stereocenters. The Morgan fingerprint density at radius 1 is 1.03 bits per heavy atom. The number of benzene rings is 2. The van der Waals surface area contributed by atoms with Gasteiger partial charge in [-0.25, -0.2) is 4.79 Å². The number of fused-ring (bicyclic) bond motifs is 1. The Bertz CT molecular complexity index is 1060. The quantitative estimate of drug-likeness (QED) is 0.651. The van der Waals surface area contributed by atoms with Gasteiger partial charge in [-0.3, -0.25) is 14.6 Å². The number of aromatic nitrogens is 1. The van der Waals surface area contributed by atoms with Crippen LogP contribution in [0.25, 0.3) is 10.9 Å². The first kappa shape index (κ1) is 20.0. The number of hydrogen-bond acceptors (Lipinski definition) is 5. The van der Waals surface area contributed by atoms with Crippen molar-refractivity contribution in [2.24, 2.45) is 0 Å². The topological polar surface area (TPSA) is 88.6 Å². The van der Waals surface area contributed by atoms with Crippen LogP contribution in [0, 0.1) is 0 Å². The summed E-state index contributed by atoms with van der Waals surface area (Å²) in [5.74, 6) is -1.08.